The van der Waals surface area contributed by atoms with E-state index in [0.29, 0.717) is 26.4 Å². The molecular weight excluding hydrogens is 469 g/mol. The van der Waals surface area contributed by atoms with Crippen LogP contribution in [0.3, 0.4) is 0 Å². The van der Waals surface area contributed by atoms with Gasteiger partial charge in [-0.15, -0.1) is 24.0 Å². The third-order valence-corrected chi connectivity index (χ3v) is 3.87. The van der Waals surface area contributed by atoms with Crippen LogP contribution >= 0.6 is 24.0 Å². The highest BCUT2D eigenvalue weighted by molar-refractivity contribution is 14.0. The maximum Gasteiger partial charge on any atom is 0.191 e. The average molecular weight is 501 g/mol. The fourth-order valence-corrected chi connectivity index (χ4v) is 2.55. The van der Waals surface area contributed by atoms with E-state index in [1.807, 2.05) is 12.5 Å². The number of hydrogen-bond acceptors (Lipinski definition) is 4. The molecule has 1 aromatic carbocycles. The molecule has 1 aromatic heterocycles. The van der Waals surface area contributed by atoms with E-state index >= 15 is 0 Å². The number of guanidine groups is 1. The monoisotopic (exact) mass is 501 g/mol. The van der Waals surface area contributed by atoms with Crippen LogP contribution in [0.25, 0.3) is 0 Å². The van der Waals surface area contributed by atoms with E-state index in [1.165, 1.54) is 11.1 Å². The zero-order chi connectivity index (χ0) is 19.2. The van der Waals surface area contributed by atoms with Crippen molar-refractivity contribution in [2.45, 2.75) is 26.4 Å². The lowest BCUT2D eigenvalue weighted by Crippen LogP contribution is -2.38. The number of rotatable bonds is 12. The molecule has 0 bridgehead atoms. The molecule has 7 nitrogen and oxygen atoms in total. The number of imidazole rings is 1. The van der Waals surface area contributed by atoms with Crippen LogP contribution < -0.4 is 10.6 Å². The number of aliphatic imine (C=N–C) groups is 1. The molecule has 0 fully saturated rings. The molecule has 0 spiro atoms. The molecular formula is C20H32IN5O2. The van der Waals surface area contributed by atoms with Crippen molar-refractivity contribution in [1.82, 2.24) is 20.2 Å². The van der Waals surface area contributed by atoms with Gasteiger partial charge in [-0.05, 0) is 24.5 Å². The van der Waals surface area contributed by atoms with E-state index in [1.54, 1.807) is 13.3 Å². The Kier molecular flexibility index (Phi) is 13.3. The zero-order valence-electron chi connectivity index (χ0n) is 16.8. The van der Waals surface area contributed by atoms with Crippen LogP contribution in [0.15, 0.2) is 48.0 Å². The summed E-state index contributed by atoms with van der Waals surface area (Å²) in [6, 6.07) is 8.50. The molecule has 0 atom stereocenters. The Morgan fingerprint density at radius 2 is 2.04 bits per heavy atom. The van der Waals surface area contributed by atoms with Crippen molar-refractivity contribution in [3.63, 3.8) is 0 Å². The number of nitrogens with zero attached hydrogens (tertiary/aromatic N) is 3. The van der Waals surface area contributed by atoms with Crippen molar-refractivity contribution >= 4 is 29.9 Å². The van der Waals surface area contributed by atoms with Gasteiger partial charge in [-0.2, -0.15) is 0 Å². The summed E-state index contributed by atoms with van der Waals surface area (Å²) in [5.74, 6) is 0.828. The molecule has 0 saturated heterocycles. The Hall–Kier alpha value is -1.65. The number of benzene rings is 1. The van der Waals surface area contributed by atoms with Gasteiger partial charge in [-0.1, -0.05) is 24.3 Å². The number of hydrogen-bond donors (Lipinski definition) is 2. The fraction of sp³-hybridized carbons (Fsp3) is 0.500. The van der Waals surface area contributed by atoms with E-state index < -0.39 is 0 Å². The lowest BCUT2D eigenvalue weighted by molar-refractivity contribution is 0.0698. The molecule has 0 saturated carbocycles. The van der Waals surface area contributed by atoms with Crippen molar-refractivity contribution in [2.24, 2.45) is 4.99 Å². The van der Waals surface area contributed by atoms with Crippen molar-refractivity contribution in [2.75, 3.05) is 40.0 Å². The molecule has 8 heteroatoms. The first-order valence-corrected chi connectivity index (χ1v) is 9.44. The molecule has 0 aliphatic rings. The van der Waals surface area contributed by atoms with Gasteiger partial charge in [0.05, 0.1) is 26.1 Å². The van der Waals surface area contributed by atoms with Gasteiger partial charge in [-0.25, -0.2) is 9.98 Å². The van der Waals surface area contributed by atoms with Crippen molar-refractivity contribution in [1.29, 1.82) is 0 Å². The molecule has 0 radical (unpaired) electrons. The molecule has 156 valence electrons. The second-order valence-corrected chi connectivity index (χ2v) is 6.14. The summed E-state index contributed by atoms with van der Waals surface area (Å²) >= 11 is 0. The first-order chi connectivity index (χ1) is 13.3. The Balaban J connectivity index is 0.00000392. The fourth-order valence-electron chi connectivity index (χ4n) is 2.55. The normalized spacial score (nSPS) is 11.1. The number of ether oxygens (including phenoxy) is 2. The van der Waals surface area contributed by atoms with Gasteiger partial charge in [-0.3, -0.25) is 0 Å². The highest BCUT2D eigenvalue weighted by Gasteiger charge is 2.00. The van der Waals surface area contributed by atoms with Gasteiger partial charge in [0, 0.05) is 45.7 Å². The van der Waals surface area contributed by atoms with Crippen LogP contribution in [0.5, 0.6) is 0 Å². The summed E-state index contributed by atoms with van der Waals surface area (Å²) in [6.07, 6.45) is 6.52. The molecule has 0 amide bonds. The predicted octanol–water partition coefficient (Wildman–Crippen LogP) is 2.66. The summed E-state index contributed by atoms with van der Waals surface area (Å²) in [4.78, 5) is 8.77. The van der Waals surface area contributed by atoms with Gasteiger partial charge in [0.1, 0.15) is 0 Å². The predicted molar refractivity (Wildman–Crippen MR) is 123 cm³/mol. The van der Waals surface area contributed by atoms with Gasteiger partial charge in [0.2, 0.25) is 0 Å². The maximum atomic E-state index is 5.47. The van der Waals surface area contributed by atoms with Crippen molar-refractivity contribution < 1.29 is 9.47 Å². The largest absolute Gasteiger partial charge is 0.382 e. The highest BCUT2D eigenvalue weighted by atomic mass is 127. The topological polar surface area (TPSA) is 72.7 Å². The number of methoxy groups -OCH3 is 1. The van der Waals surface area contributed by atoms with Crippen LogP contribution in [0, 0.1) is 0 Å². The third-order valence-electron chi connectivity index (χ3n) is 3.87. The number of nitrogens with one attached hydrogen (secondary N) is 2. The lowest BCUT2D eigenvalue weighted by Gasteiger charge is -2.12. The first kappa shape index (κ1) is 24.4. The Labute approximate surface area is 185 Å². The van der Waals surface area contributed by atoms with Gasteiger partial charge >= 0.3 is 0 Å². The van der Waals surface area contributed by atoms with Crippen LogP contribution in [-0.4, -0.2) is 55.5 Å². The second-order valence-electron chi connectivity index (χ2n) is 6.14. The van der Waals surface area contributed by atoms with E-state index in [9.17, 15) is 0 Å². The highest BCUT2D eigenvalue weighted by Crippen LogP contribution is 2.08. The van der Waals surface area contributed by atoms with Crippen LogP contribution in [0.4, 0.5) is 0 Å². The maximum absolute atomic E-state index is 5.47. The first-order valence-electron chi connectivity index (χ1n) is 9.44. The van der Waals surface area contributed by atoms with Crippen LogP contribution in [-0.2, 0) is 22.6 Å². The molecule has 0 aliphatic heterocycles. The second kappa shape index (κ2) is 15.3. The Bertz CT molecular complexity index is 664. The standard InChI is InChI=1S/C20H31N5O2.HI/c1-3-22-20(23-8-5-11-27-13-12-26-2)24-15-18-6-4-7-19(14-18)16-25-10-9-21-17-25;/h4,6-7,9-10,14,17H,3,5,8,11-13,15-16H2,1-2H3,(H2,22,23,24);1H. The lowest BCUT2D eigenvalue weighted by atomic mass is 10.1. The summed E-state index contributed by atoms with van der Waals surface area (Å²) in [7, 11) is 1.68. The number of aromatic nitrogens is 2. The molecule has 28 heavy (non-hydrogen) atoms. The molecule has 0 aliphatic carbocycles. The smallest absolute Gasteiger partial charge is 0.191 e. The van der Waals surface area contributed by atoms with Crippen LogP contribution in [0.1, 0.15) is 24.5 Å². The molecule has 2 N–H and O–H groups in total. The summed E-state index contributed by atoms with van der Waals surface area (Å²) in [5.41, 5.74) is 2.43. The van der Waals surface area contributed by atoms with Crippen LogP contribution in [0.2, 0.25) is 0 Å². The quantitative estimate of drug-likeness (QED) is 0.203. The van der Waals surface area contributed by atoms with Gasteiger partial charge in [0.15, 0.2) is 5.96 Å². The van der Waals surface area contributed by atoms with Crippen molar-refractivity contribution in [3.05, 3.63) is 54.1 Å². The van der Waals surface area contributed by atoms with Crippen molar-refractivity contribution in [3.8, 4) is 0 Å². The molecule has 1 heterocycles. The molecule has 2 aromatic rings. The molecule has 2 rings (SSSR count). The van der Waals surface area contributed by atoms with E-state index in [4.69, 9.17) is 9.47 Å². The van der Waals surface area contributed by atoms with E-state index in [-0.39, 0.29) is 24.0 Å². The van der Waals surface area contributed by atoms with E-state index in [0.717, 1.165) is 32.0 Å². The zero-order valence-corrected chi connectivity index (χ0v) is 19.1. The summed E-state index contributed by atoms with van der Waals surface area (Å²) in [6.45, 7) is 7.16. The molecule has 0 unspecified atom stereocenters. The Morgan fingerprint density at radius 3 is 2.79 bits per heavy atom. The number of halogens is 1. The minimum absolute atomic E-state index is 0. The minimum Gasteiger partial charge on any atom is -0.382 e. The average Bonchev–Trinajstić information content (AvgIpc) is 3.18. The van der Waals surface area contributed by atoms with Gasteiger partial charge < -0.3 is 24.7 Å². The summed E-state index contributed by atoms with van der Waals surface area (Å²) in [5, 5.41) is 6.63. The SMILES string of the molecule is CCNC(=NCc1cccc(Cn2ccnc2)c1)NCCCOCCOC.I. The minimum atomic E-state index is 0. The van der Waals surface area contributed by atoms with Gasteiger partial charge in [0.25, 0.3) is 0 Å². The third kappa shape index (κ3) is 10.0. The Morgan fingerprint density at radius 1 is 1.18 bits per heavy atom. The summed E-state index contributed by atoms with van der Waals surface area (Å²) < 4.78 is 12.5. The van der Waals surface area contributed by atoms with E-state index in [2.05, 4.69) is 56.4 Å².